The molecule has 2 heterocycles. The highest BCUT2D eigenvalue weighted by molar-refractivity contribution is 9.10. The fraction of sp³-hybridized carbons (Fsp3) is 0.636. The Morgan fingerprint density at radius 1 is 1.50 bits per heavy atom. The third-order valence-corrected chi connectivity index (χ3v) is 7.67. The Labute approximate surface area is 121 Å². The number of halogens is 1. The van der Waals surface area contributed by atoms with Crippen molar-refractivity contribution in [3.8, 4) is 0 Å². The molecule has 0 radical (unpaired) electrons. The summed E-state index contributed by atoms with van der Waals surface area (Å²) in [6, 6.07) is 1.77. The minimum atomic E-state index is -3.34. The van der Waals surface area contributed by atoms with Crippen molar-refractivity contribution in [2.75, 3.05) is 26.7 Å². The van der Waals surface area contributed by atoms with Crippen molar-refractivity contribution in [3.05, 3.63) is 15.9 Å². The predicted molar refractivity (Wildman–Crippen MR) is 77.4 cm³/mol. The summed E-state index contributed by atoms with van der Waals surface area (Å²) in [7, 11) is -1.67. The molecule has 0 aliphatic carbocycles. The lowest BCUT2D eigenvalue weighted by molar-refractivity contribution is 0.311. The molecule has 1 aliphatic heterocycles. The molecule has 18 heavy (non-hydrogen) atoms. The van der Waals surface area contributed by atoms with Gasteiger partial charge in [-0.1, -0.05) is 0 Å². The summed E-state index contributed by atoms with van der Waals surface area (Å²) in [5.74, 6) is 0.463. The number of rotatable bonds is 4. The molecule has 0 unspecified atom stereocenters. The third-order valence-electron chi connectivity index (χ3n) is 3.20. The lowest BCUT2D eigenvalue weighted by atomic mass is 9.98. The zero-order chi connectivity index (χ0) is 13.2. The maximum Gasteiger partial charge on any atom is 0.253 e. The van der Waals surface area contributed by atoms with Crippen LogP contribution in [-0.2, 0) is 10.0 Å². The van der Waals surface area contributed by atoms with Gasteiger partial charge in [-0.3, -0.25) is 0 Å². The Morgan fingerprint density at radius 2 is 2.17 bits per heavy atom. The van der Waals surface area contributed by atoms with Crippen molar-refractivity contribution >= 4 is 37.3 Å². The van der Waals surface area contributed by atoms with E-state index in [1.165, 1.54) is 15.6 Å². The zero-order valence-electron chi connectivity index (χ0n) is 10.2. The van der Waals surface area contributed by atoms with E-state index < -0.39 is 10.0 Å². The van der Waals surface area contributed by atoms with E-state index >= 15 is 0 Å². The summed E-state index contributed by atoms with van der Waals surface area (Å²) < 4.78 is 27.3. The van der Waals surface area contributed by atoms with Gasteiger partial charge in [0.25, 0.3) is 10.0 Å². The van der Waals surface area contributed by atoms with Crippen molar-refractivity contribution in [1.82, 2.24) is 9.62 Å². The molecule has 1 saturated heterocycles. The minimum absolute atomic E-state index is 0.402. The summed E-state index contributed by atoms with van der Waals surface area (Å²) in [6.45, 7) is 2.58. The van der Waals surface area contributed by atoms with E-state index in [4.69, 9.17) is 0 Å². The fourth-order valence-electron chi connectivity index (χ4n) is 2.13. The van der Waals surface area contributed by atoms with Gasteiger partial charge in [-0.25, -0.2) is 8.42 Å². The van der Waals surface area contributed by atoms with Crippen LogP contribution in [-0.4, -0.2) is 39.4 Å². The van der Waals surface area contributed by atoms with Crippen LogP contribution in [0.4, 0.5) is 0 Å². The molecule has 1 aromatic rings. The van der Waals surface area contributed by atoms with Crippen LogP contribution in [0.15, 0.2) is 20.1 Å². The third kappa shape index (κ3) is 3.14. The van der Waals surface area contributed by atoms with Crippen LogP contribution < -0.4 is 5.32 Å². The lowest BCUT2D eigenvalue weighted by Crippen LogP contribution is -2.37. The molecule has 7 heteroatoms. The van der Waals surface area contributed by atoms with Gasteiger partial charge in [0.05, 0.1) is 0 Å². The average Bonchev–Trinajstić information content (AvgIpc) is 2.77. The number of hydrogen-bond donors (Lipinski definition) is 1. The van der Waals surface area contributed by atoms with E-state index in [1.807, 2.05) is 0 Å². The van der Waals surface area contributed by atoms with Gasteiger partial charge in [0.1, 0.15) is 4.21 Å². The van der Waals surface area contributed by atoms with Crippen LogP contribution in [0.25, 0.3) is 0 Å². The van der Waals surface area contributed by atoms with Crippen LogP contribution in [0.2, 0.25) is 0 Å². The van der Waals surface area contributed by atoms with Crippen LogP contribution in [0.5, 0.6) is 0 Å². The summed E-state index contributed by atoms with van der Waals surface area (Å²) in [4.78, 5) is 0. The minimum Gasteiger partial charge on any atom is -0.317 e. The van der Waals surface area contributed by atoms with E-state index in [1.54, 1.807) is 18.5 Å². The van der Waals surface area contributed by atoms with Crippen molar-refractivity contribution < 1.29 is 8.42 Å². The maximum absolute atomic E-state index is 12.4. The smallest absolute Gasteiger partial charge is 0.253 e. The first-order chi connectivity index (χ1) is 8.51. The predicted octanol–water partition coefficient (Wildman–Crippen LogP) is 2.13. The summed E-state index contributed by atoms with van der Waals surface area (Å²) in [5.41, 5.74) is 0. The fourth-order valence-corrected chi connectivity index (χ4v) is 5.88. The van der Waals surface area contributed by atoms with E-state index in [-0.39, 0.29) is 0 Å². The standard InChI is InChI=1S/C11H17BrN2O2S2/c1-14(8-9-2-5-13-6-3-9)18(15,16)11-10(12)4-7-17-11/h4,7,9,13H,2-3,5-6,8H2,1H3. The number of hydrogen-bond acceptors (Lipinski definition) is 4. The Bertz CT molecular complexity index is 495. The number of nitrogens with one attached hydrogen (secondary N) is 1. The molecule has 1 aromatic heterocycles. The van der Waals surface area contributed by atoms with Crippen LogP contribution in [0, 0.1) is 5.92 Å². The molecule has 2 rings (SSSR count). The molecule has 1 N–H and O–H groups in total. The Morgan fingerprint density at radius 3 is 2.72 bits per heavy atom. The number of thiophene rings is 1. The maximum atomic E-state index is 12.4. The van der Waals surface area contributed by atoms with E-state index in [2.05, 4.69) is 21.2 Å². The first kappa shape index (κ1) is 14.5. The Hall–Kier alpha value is 0.0500. The van der Waals surface area contributed by atoms with Gasteiger partial charge >= 0.3 is 0 Å². The molecular weight excluding hydrogens is 336 g/mol. The van der Waals surface area contributed by atoms with Gasteiger partial charge in [-0.15, -0.1) is 11.3 Å². The lowest BCUT2D eigenvalue weighted by Gasteiger charge is -2.26. The molecule has 102 valence electrons. The highest BCUT2D eigenvalue weighted by Gasteiger charge is 2.27. The second kappa shape index (κ2) is 6.00. The second-order valence-electron chi connectivity index (χ2n) is 4.53. The molecular formula is C11H17BrN2O2S2. The summed E-state index contributed by atoms with van der Waals surface area (Å²) in [6.07, 6.45) is 2.09. The topological polar surface area (TPSA) is 49.4 Å². The van der Waals surface area contributed by atoms with Gasteiger partial charge in [-0.2, -0.15) is 4.31 Å². The molecule has 0 amide bonds. The normalized spacial score (nSPS) is 18.4. The van der Waals surface area contributed by atoms with Crippen LogP contribution >= 0.6 is 27.3 Å². The van der Waals surface area contributed by atoms with E-state index in [9.17, 15) is 8.42 Å². The van der Waals surface area contributed by atoms with Gasteiger partial charge in [0.15, 0.2) is 0 Å². The summed E-state index contributed by atoms with van der Waals surface area (Å²) in [5, 5.41) is 5.08. The molecule has 0 aromatic carbocycles. The highest BCUT2D eigenvalue weighted by Crippen LogP contribution is 2.30. The van der Waals surface area contributed by atoms with Gasteiger partial charge in [-0.05, 0) is 59.2 Å². The highest BCUT2D eigenvalue weighted by atomic mass is 79.9. The molecule has 0 spiro atoms. The Balaban J connectivity index is 2.08. The number of sulfonamides is 1. The number of piperidine rings is 1. The van der Waals surface area contributed by atoms with Crippen molar-refractivity contribution in [2.24, 2.45) is 5.92 Å². The van der Waals surface area contributed by atoms with Crippen LogP contribution in [0.3, 0.4) is 0 Å². The first-order valence-corrected chi connectivity index (χ1v) is 9.03. The Kier molecular flexibility index (Phi) is 4.82. The van der Waals surface area contributed by atoms with Gasteiger partial charge in [0, 0.05) is 18.1 Å². The zero-order valence-corrected chi connectivity index (χ0v) is 13.4. The average molecular weight is 353 g/mol. The second-order valence-corrected chi connectivity index (χ2v) is 8.55. The van der Waals surface area contributed by atoms with Crippen molar-refractivity contribution in [3.63, 3.8) is 0 Å². The van der Waals surface area contributed by atoms with E-state index in [0.717, 1.165) is 25.9 Å². The van der Waals surface area contributed by atoms with Crippen molar-refractivity contribution in [2.45, 2.75) is 17.1 Å². The molecule has 0 bridgehead atoms. The van der Waals surface area contributed by atoms with Crippen molar-refractivity contribution in [1.29, 1.82) is 0 Å². The molecule has 0 atom stereocenters. The van der Waals surface area contributed by atoms with Gasteiger partial charge < -0.3 is 5.32 Å². The van der Waals surface area contributed by atoms with Gasteiger partial charge in [0.2, 0.25) is 0 Å². The monoisotopic (exact) mass is 352 g/mol. The summed E-state index contributed by atoms with van der Waals surface area (Å²) >= 11 is 4.55. The SMILES string of the molecule is CN(CC1CCNCC1)S(=O)(=O)c1sccc1Br. The molecule has 0 saturated carbocycles. The number of nitrogens with zero attached hydrogens (tertiary/aromatic N) is 1. The molecule has 1 fully saturated rings. The first-order valence-electron chi connectivity index (χ1n) is 5.92. The largest absolute Gasteiger partial charge is 0.317 e. The molecule has 1 aliphatic rings. The van der Waals surface area contributed by atoms with Crippen LogP contribution in [0.1, 0.15) is 12.8 Å². The quantitative estimate of drug-likeness (QED) is 0.902. The molecule has 4 nitrogen and oxygen atoms in total. The van der Waals surface area contributed by atoms with E-state index in [0.29, 0.717) is 21.1 Å².